The average Bonchev–Trinajstić information content (AvgIpc) is 3.24. The molecule has 0 saturated heterocycles. The molecule has 7 heteroatoms. The van der Waals surface area contributed by atoms with E-state index in [0.29, 0.717) is 22.1 Å². The highest BCUT2D eigenvalue weighted by Gasteiger charge is 2.18. The van der Waals surface area contributed by atoms with E-state index in [1.54, 1.807) is 6.20 Å². The van der Waals surface area contributed by atoms with Gasteiger partial charge in [-0.15, -0.1) is 11.3 Å². The molecule has 0 fully saturated rings. The summed E-state index contributed by atoms with van der Waals surface area (Å²) in [5, 5.41) is 6.24. The first-order valence-corrected chi connectivity index (χ1v) is 9.58. The number of thiophene rings is 1. The number of hydrogen-bond acceptors (Lipinski definition) is 5. The van der Waals surface area contributed by atoms with Crippen molar-refractivity contribution in [2.75, 3.05) is 0 Å². The number of carbonyl (C=O) groups excluding carboxylic acids is 1. The summed E-state index contributed by atoms with van der Waals surface area (Å²) < 4.78 is 7.27. The Kier molecular flexibility index (Phi) is 4.92. The normalized spacial score (nSPS) is 11.0. The molecule has 0 bridgehead atoms. The van der Waals surface area contributed by atoms with Gasteiger partial charge in [-0.1, -0.05) is 35.9 Å². The second-order valence-corrected chi connectivity index (χ2v) is 7.50. The molecule has 0 aliphatic rings. The van der Waals surface area contributed by atoms with Gasteiger partial charge in [0.25, 0.3) is 0 Å². The Labute approximate surface area is 165 Å². The van der Waals surface area contributed by atoms with E-state index in [1.165, 1.54) is 11.3 Å². The third-order valence-corrected chi connectivity index (χ3v) is 5.66. The molecule has 5 nitrogen and oxygen atoms in total. The summed E-state index contributed by atoms with van der Waals surface area (Å²) in [5.74, 6) is -0.356. The average molecular weight is 398 g/mol. The van der Waals surface area contributed by atoms with Crippen molar-refractivity contribution in [3.8, 4) is 0 Å². The van der Waals surface area contributed by atoms with Gasteiger partial charge in [-0.2, -0.15) is 5.10 Å². The maximum Gasteiger partial charge on any atom is 0.348 e. The Hall–Kier alpha value is -2.70. The molecule has 0 radical (unpaired) electrons. The lowest BCUT2D eigenvalue weighted by Crippen LogP contribution is -2.04. The van der Waals surface area contributed by atoms with Gasteiger partial charge >= 0.3 is 5.97 Å². The van der Waals surface area contributed by atoms with Gasteiger partial charge < -0.3 is 4.74 Å². The summed E-state index contributed by atoms with van der Waals surface area (Å²) in [5.41, 5.74) is 2.57. The molecule has 0 saturated carbocycles. The van der Waals surface area contributed by atoms with Crippen LogP contribution in [-0.2, 0) is 17.9 Å². The smallest absolute Gasteiger partial charge is 0.348 e. The molecule has 3 aromatic heterocycles. The minimum Gasteiger partial charge on any atom is -0.455 e. The fourth-order valence-corrected chi connectivity index (χ4v) is 4.05. The number of pyridine rings is 1. The fourth-order valence-electron chi connectivity index (χ4n) is 2.80. The first-order valence-electron chi connectivity index (χ1n) is 8.39. The van der Waals surface area contributed by atoms with Gasteiger partial charge in [-0.25, -0.2) is 4.79 Å². The molecule has 4 aromatic rings. The zero-order valence-electron chi connectivity index (χ0n) is 14.6. The number of rotatable bonds is 5. The van der Waals surface area contributed by atoms with Gasteiger partial charge in [0.1, 0.15) is 16.3 Å². The Morgan fingerprint density at radius 3 is 2.81 bits per heavy atom. The second kappa shape index (κ2) is 7.50. The largest absolute Gasteiger partial charge is 0.455 e. The summed E-state index contributed by atoms with van der Waals surface area (Å²) in [6, 6.07) is 15.0. The van der Waals surface area contributed by atoms with Crippen molar-refractivity contribution in [2.24, 2.45) is 0 Å². The van der Waals surface area contributed by atoms with Crippen LogP contribution in [0, 0.1) is 6.92 Å². The van der Waals surface area contributed by atoms with Crippen molar-refractivity contribution < 1.29 is 9.53 Å². The summed E-state index contributed by atoms with van der Waals surface area (Å²) in [7, 11) is 0. The monoisotopic (exact) mass is 397 g/mol. The summed E-state index contributed by atoms with van der Waals surface area (Å²) in [6.45, 7) is 2.63. The third kappa shape index (κ3) is 3.72. The first kappa shape index (κ1) is 17.7. The molecular formula is C20H16ClN3O2S. The Morgan fingerprint density at radius 1 is 1.22 bits per heavy atom. The Balaban J connectivity index is 1.57. The standard InChI is InChI=1S/C20H16ClN3O2S/c1-13-16-10-18(20(25)26-12-15-7-4-5-9-22-15)27-19(16)24(23-13)11-14-6-2-3-8-17(14)21/h2-10H,11-12H2,1H3. The minimum atomic E-state index is -0.356. The van der Waals surface area contributed by atoms with E-state index in [4.69, 9.17) is 16.3 Å². The van der Waals surface area contributed by atoms with E-state index in [2.05, 4.69) is 10.1 Å². The lowest BCUT2D eigenvalue weighted by molar-refractivity contribution is 0.0473. The minimum absolute atomic E-state index is 0.151. The molecule has 4 rings (SSSR count). The van der Waals surface area contributed by atoms with Crippen molar-refractivity contribution in [3.05, 3.63) is 81.6 Å². The molecule has 0 aliphatic carbocycles. The van der Waals surface area contributed by atoms with E-state index < -0.39 is 0 Å². The van der Waals surface area contributed by atoms with Gasteiger partial charge in [0.15, 0.2) is 0 Å². The van der Waals surface area contributed by atoms with Crippen LogP contribution in [0.3, 0.4) is 0 Å². The topological polar surface area (TPSA) is 57.0 Å². The molecule has 0 amide bonds. The number of aromatic nitrogens is 3. The zero-order valence-corrected chi connectivity index (χ0v) is 16.1. The summed E-state index contributed by atoms with van der Waals surface area (Å²) in [4.78, 5) is 18.1. The van der Waals surface area contributed by atoms with E-state index >= 15 is 0 Å². The van der Waals surface area contributed by atoms with Crippen LogP contribution >= 0.6 is 22.9 Å². The molecule has 0 spiro atoms. The van der Waals surface area contributed by atoms with Crippen LogP contribution in [0.1, 0.15) is 26.6 Å². The maximum absolute atomic E-state index is 12.4. The quantitative estimate of drug-likeness (QED) is 0.451. The van der Waals surface area contributed by atoms with Crippen molar-refractivity contribution in [1.82, 2.24) is 14.8 Å². The molecular weight excluding hydrogens is 382 g/mol. The van der Waals surface area contributed by atoms with Crippen LogP contribution in [0.2, 0.25) is 5.02 Å². The van der Waals surface area contributed by atoms with Gasteiger partial charge in [0.05, 0.1) is 17.9 Å². The van der Waals surface area contributed by atoms with Crippen LogP contribution in [-0.4, -0.2) is 20.7 Å². The molecule has 27 heavy (non-hydrogen) atoms. The number of ether oxygens (including phenoxy) is 1. The van der Waals surface area contributed by atoms with Crippen molar-refractivity contribution in [1.29, 1.82) is 0 Å². The van der Waals surface area contributed by atoms with Crippen LogP contribution < -0.4 is 0 Å². The molecule has 0 aliphatic heterocycles. The predicted octanol–water partition coefficient (Wildman–Crippen LogP) is 4.86. The van der Waals surface area contributed by atoms with Gasteiger partial charge in [-0.05, 0) is 36.8 Å². The first-order chi connectivity index (χ1) is 13.1. The number of fused-ring (bicyclic) bond motifs is 1. The highest BCUT2D eigenvalue weighted by atomic mass is 35.5. The number of aryl methyl sites for hydroxylation is 1. The van der Waals surface area contributed by atoms with Crippen molar-refractivity contribution in [3.63, 3.8) is 0 Å². The second-order valence-electron chi connectivity index (χ2n) is 6.06. The summed E-state index contributed by atoms with van der Waals surface area (Å²) >= 11 is 7.65. The molecule has 3 heterocycles. The number of esters is 1. The molecule has 0 unspecified atom stereocenters. The molecule has 1 aromatic carbocycles. The Morgan fingerprint density at radius 2 is 2.04 bits per heavy atom. The Bertz CT molecular complexity index is 1110. The summed E-state index contributed by atoms with van der Waals surface area (Å²) in [6.07, 6.45) is 1.68. The highest BCUT2D eigenvalue weighted by molar-refractivity contribution is 7.20. The zero-order chi connectivity index (χ0) is 18.8. The van der Waals surface area contributed by atoms with Crippen molar-refractivity contribution in [2.45, 2.75) is 20.1 Å². The number of benzene rings is 1. The number of hydrogen-bond donors (Lipinski definition) is 0. The lowest BCUT2D eigenvalue weighted by atomic mass is 10.2. The number of nitrogens with zero attached hydrogens (tertiary/aromatic N) is 3. The van der Waals surface area contributed by atoms with E-state index in [0.717, 1.165) is 21.5 Å². The SMILES string of the molecule is Cc1nn(Cc2ccccc2Cl)c2sc(C(=O)OCc3ccccn3)cc12. The van der Waals surface area contributed by atoms with E-state index in [1.807, 2.05) is 60.1 Å². The fraction of sp³-hybridized carbons (Fsp3) is 0.150. The van der Waals surface area contributed by atoms with Crippen LogP contribution in [0.5, 0.6) is 0 Å². The van der Waals surface area contributed by atoms with Crippen LogP contribution in [0.15, 0.2) is 54.7 Å². The highest BCUT2D eigenvalue weighted by Crippen LogP contribution is 2.30. The van der Waals surface area contributed by atoms with Gasteiger partial charge in [0, 0.05) is 16.6 Å². The van der Waals surface area contributed by atoms with Crippen molar-refractivity contribution >= 4 is 39.1 Å². The molecule has 0 atom stereocenters. The maximum atomic E-state index is 12.4. The van der Waals surface area contributed by atoms with Crippen LogP contribution in [0.4, 0.5) is 0 Å². The number of carbonyl (C=O) groups is 1. The van der Waals surface area contributed by atoms with Crippen LogP contribution in [0.25, 0.3) is 10.2 Å². The lowest BCUT2D eigenvalue weighted by Gasteiger charge is -2.05. The van der Waals surface area contributed by atoms with E-state index in [9.17, 15) is 4.79 Å². The third-order valence-electron chi connectivity index (χ3n) is 4.16. The predicted molar refractivity (Wildman–Crippen MR) is 106 cm³/mol. The number of halogens is 1. The van der Waals surface area contributed by atoms with E-state index in [-0.39, 0.29) is 12.6 Å². The molecule has 0 N–H and O–H groups in total. The molecule has 136 valence electrons. The van der Waals surface area contributed by atoms with Gasteiger partial charge in [0.2, 0.25) is 0 Å². The van der Waals surface area contributed by atoms with Gasteiger partial charge in [-0.3, -0.25) is 9.67 Å².